The molecular formula is C7H7FN3O-. The number of rotatable bonds is 3. The summed E-state index contributed by atoms with van der Waals surface area (Å²) in [5.74, 6) is -0.205. The molecule has 0 atom stereocenters. The first kappa shape index (κ1) is 8.58. The van der Waals surface area contributed by atoms with Crippen molar-refractivity contribution < 1.29 is 9.13 Å². The largest absolute Gasteiger partial charge is 0.712 e. The van der Waals surface area contributed by atoms with Gasteiger partial charge in [0.15, 0.2) is 0 Å². The van der Waals surface area contributed by atoms with Gasteiger partial charge in [-0.05, 0) is 6.07 Å². The molecule has 1 aromatic heterocycles. The molecule has 0 aliphatic carbocycles. The zero-order valence-electron chi connectivity index (χ0n) is 6.49. The Bertz CT molecular complexity index is 290. The smallest absolute Gasteiger partial charge is 0.218 e. The van der Waals surface area contributed by atoms with Crippen LogP contribution in [0.3, 0.4) is 0 Å². The van der Waals surface area contributed by atoms with Crippen LogP contribution in [0.2, 0.25) is 0 Å². The number of halogens is 1. The van der Waals surface area contributed by atoms with Gasteiger partial charge in [0.05, 0.1) is 13.3 Å². The van der Waals surface area contributed by atoms with Gasteiger partial charge in [-0.1, -0.05) is 0 Å². The molecule has 0 bridgehead atoms. The van der Waals surface area contributed by atoms with E-state index in [0.29, 0.717) is 5.56 Å². The quantitative estimate of drug-likeness (QED) is 0.645. The number of hydrogen-bond acceptors (Lipinski definition) is 3. The fourth-order valence-electron chi connectivity index (χ4n) is 0.842. The molecule has 12 heavy (non-hydrogen) atoms. The van der Waals surface area contributed by atoms with Crippen LogP contribution >= 0.6 is 0 Å². The van der Waals surface area contributed by atoms with Crippen molar-refractivity contribution in [1.82, 2.24) is 4.98 Å². The van der Waals surface area contributed by atoms with Crippen molar-refractivity contribution >= 4 is 0 Å². The lowest BCUT2D eigenvalue weighted by Crippen LogP contribution is -1.94. The van der Waals surface area contributed by atoms with E-state index in [1.807, 2.05) is 0 Å². The van der Waals surface area contributed by atoms with Gasteiger partial charge >= 0.3 is 0 Å². The Morgan fingerprint density at radius 3 is 3.08 bits per heavy atom. The summed E-state index contributed by atoms with van der Waals surface area (Å²) in [5, 5.41) is 2.87. The fourth-order valence-corrected chi connectivity index (χ4v) is 0.842. The lowest BCUT2D eigenvalue weighted by molar-refractivity contribution is 0.390. The first-order valence-corrected chi connectivity index (χ1v) is 3.27. The van der Waals surface area contributed by atoms with Crippen molar-refractivity contribution in [3.8, 4) is 5.88 Å². The van der Waals surface area contributed by atoms with Gasteiger partial charge < -0.3 is 15.4 Å². The number of nitrogens with zero attached hydrogens (tertiary/aromatic N) is 3. The third-order valence-electron chi connectivity index (χ3n) is 1.33. The summed E-state index contributed by atoms with van der Waals surface area (Å²) in [6.45, 7) is -0.0199. The van der Waals surface area contributed by atoms with Crippen molar-refractivity contribution in [2.75, 3.05) is 7.11 Å². The molecule has 0 aliphatic heterocycles. The topological polar surface area (TPSA) is 56.8 Å². The van der Waals surface area contributed by atoms with E-state index in [-0.39, 0.29) is 12.4 Å². The van der Waals surface area contributed by atoms with E-state index in [9.17, 15) is 4.39 Å². The number of ether oxygens (including phenoxy) is 1. The van der Waals surface area contributed by atoms with E-state index >= 15 is 0 Å². The van der Waals surface area contributed by atoms with Gasteiger partial charge in [0, 0.05) is 12.1 Å². The third-order valence-corrected chi connectivity index (χ3v) is 1.33. The first-order valence-electron chi connectivity index (χ1n) is 3.27. The molecule has 1 rings (SSSR count). The summed E-state index contributed by atoms with van der Waals surface area (Å²) in [6.07, 6.45) is 1.04. The van der Waals surface area contributed by atoms with Crippen LogP contribution in [0.25, 0.3) is 5.53 Å². The Labute approximate surface area is 68.9 Å². The Morgan fingerprint density at radius 1 is 1.75 bits per heavy atom. The first-order chi connectivity index (χ1) is 5.77. The van der Waals surface area contributed by atoms with Crippen LogP contribution in [-0.2, 0) is 6.54 Å². The number of hydrogen-bond donors (Lipinski definition) is 0. The van der Waals surface area contributed by atoms with Gasteiger partial charge in [-0.3, -0.25) is 0 Å². The zero-order chi connectivity index (χ0) is 8.97. The third kappa shape index (κ3) is 1.75. The van der Waals surface area contributed by atoms with Crippen molar-refractivity contribution in [3.05, 3.63) is 29.2 Å². The Morgan fingerprint density at radius 2 is 2.50 bits per heavy atom. The van der Waals surface area contributed by atoms with E-state index < -0.39 is 5.82 Å². The number of pyridine rings is 1. The highest BCUT2D eigenvalue weighted by Gasteiger charge is 2.03. The van der Waals surface area contributed by atoms with Crippen LogP contribution in [0, 0.1) is 5.82 Å². The molecule has 0 fully saturated rings. The monoisotopic (exact) mass is 168 g/mol. The summed E-state index contributed by atoms with van der Waals surface area (Å²) < 4.78 is 17.4. The van der Waals surface area contributed by atoms with Gasteiger partial charge in [-0.15, -0.1) is 0 Å². The van der Waals surface area contributed by atoms with Crippen molar-refractivity contribution in [3.63, 3.8) is 0 Å². The van der Waals surface area contributed by atoms with E-state index in [1.165, 1.54) is 13.2 Å². The molecule has 1 aromatic rings. The fraction of sp³-hybridized carbons (Fsp3) is 0.286. The van der Waals surface area contributed by atoms with Gasteiger partial charge in [-0.25, -0.2) is 9.37 Å². The molecule has 0 N–H and O–H groups in total. The van der Waals surface area contributed by atoms with E-state index in [0.717, 1.165) is 6.20 Å². The summed E-state index contributed by atoms with van der Waals surface area (Å²) in [4.78, 5) is 3.65. The molecule has 5 heteroatoms. The number of aromatic nitrogens is 1. The Hall–Kier alpha value is -1.52. The highest BCUT2D eigenvalue weighted by atomic mass is 19.1. The molecule has 4 nitrogen and oxygen atoms in total. The predicted octanol–water partition coefficient (Wildman–Crippen LogP) is 1.75. The molecule has 0 amide bonds. The lowest BCUT2D eigenvalue weighted by Gasteiger charge is -2.05. The normalized spacial score (nSPS) is 9.50. The maximum atomic E-state index is 12.6. The van der Waals surface area contributed by atoms with Crippen molar-refractivity contribution in [1.29, 1.82) is 0 Å². The van der Waals surface area contributed by atoms with Gasteiger partial charge in [0.25, 0.3) is 0 Å². The van der Waals surface area contributed by atoms with Crippen LogP contribution in [0.1, 0.15) is 5.56 Å². The molecule has 0 spiro atoms. The van der Waals surface area contributed by atoms with Crippen LogP contribution in [-0.4, -0.2) is 12.1 Å². The molecule has 0 unspecified atom stereocenters. The van der Waals surface area contributed by atoms with Crippen LogP contribution in [0.4, 0.5) is 4.39 Å². The standard InChI is InChI=1S/C7H7FN3O/c1-12-7-5(3-11-9)2-6(8)4-10-7/h2,4H,3H2,1H3/q-1. The average molecular weight is 168 g/mol. The highest BCUT2D eigenvalue weighted by molar-refractivity contribution is 5.25. The van der Waals surface area contributed by atoms with Crippen molar-refractivity contribution in [2.24, 2.45) is 5.11 Å². The minimum absolute atomic E-state index is 0.0199. The molecule has 0 aliphatic rings. The molecule has 0 saturated carbocycles. The summed E-state index contributed by atoms with van der Waals surface area (Å²) >= 11 is 0. The van der Waals surface area contributed by atoms with Gasteiger partial charge in [-0.2, -0.15) is 0 Å². The molecule has 0 aromatic carbocycles. The van der Waals surface area contributed by atoms with Gasteiger partial charge in [0.2, 0.25) is 5.88 Å². The maximum Gasteiger partial charge on any atom is 0.218 e. The Balaban J connectivity index is 3.03. The van der Waals surface area contributed by atoms with Gasteiger partial charge in [0.1, 0.15) is 5.82 Å². The average Bonchev–Trinajstić information content (AvgIpc) is 2.05. The second kappa shape index (κ2) is 3.75. The minimum Gasteiger partial charge on any atom is -0.712 e. The number of methoxy groups -OCH3 is 1. The highest BCUT2D eigenvalue weighted by Crippen LogP contribution is 2.16. The second-order valence-electron chi connectivity index (χ2n) is 2.12. The van der Waals surface area contributed by atoms with Crippen LogP contribution in [0.15, 0.2) is 17.4 Å². The summed E-state index contributed by atoms with van der Waals surface area (Å²) in [7, 11) is 1.42. The molecule has 1 heterocycles. The molecule has 0 radical (unpaired) electrons. The summed E-state index contributed by atoms with van der Waals surface area (Å²) in [6, 6.07) is 1.21. The zero-order valence-corrected chi connectivity index (χ0v) is 6.49. The molecule has 64 valence electrons. The molecular weight excluding hydrogens is 161 g/mol. The lowest BCUT2D eigenvalue weighted by atomic mass is 10.3. The van der Waals surface area contributed by atoms with Crippen LogP contribution < -0.4 is 4.74 Å². The minimum atomic E-state index is -0.477. The Kier molecular flexibility index (Phi) is 2.68. The SMILES string of the molecule is COc1ncc(F)cc1CN=[N-]. The van der Waals surface area contributed by atoms with Crippen LogP contribution in [0.5, 0.6) is 5.88 Å². The summed E-state index contributed by atoms with van der Waals surface area (Å²) in [5.41, 5.74) is 8.67. The van der Waals surface area contributed by atoms with E-state index in [1.54, 1.807) is 0 Å². The van der Waals surface area contributed by atoms with Crippen molar-refractivity contribution in [2.45, 2.75) is 6.54 Å². The van der Waals surface area contributed by atoms with E-state index in [4.69, 9.17) is 10.3 Å². The molecule has 0 saturated heterocycles. The van der Waals surface area contributed by atoms with E-state index in [2.05, 4.69) is 10.1 Å². The predicted molar refractivity (Wildman–Crippen MR) is 40.2 cm³/mol. The second-order valence-corrected chi connectivity index (χ2v) is 2.12. The maximum absolute atomic E-state index is 12.6.